The van der Waals surface area contributed by atoms with Crippen LogP contribution in [0.1, 0.15) is 38.5 Å². The van der Waals surface area contributed by atoms with E-state index in [-0.39, 0.29) is 12.5 Å². The zero-order valence-corrected chi connectivity index (χ0v) is 12.1. The average Bonchev–Trinajstić information content (AvgIpc) is 2.47. The van der Waals surface area contributed by atoms with Crippen LogP contribution in [0.5, 0.6) is 0 Å². The number of urea groups is 1. The van der Waals surface area contributed by atoms with Crippen LogP contribution in [0.25, 0.3) is 0 Å². The van der Waals surface area contributed by atoms with Gasteiger partial charge in [0.25, 0.3) is 0 Å². The van der Waals surface area contributed by atoms with Gasteiger partial charge in [0.2, 0.25) is 5.91 Å². The third-order valence-electron chi connectivity index (χ3n) is 4.23. The summed E-state index contributed by atoms with van der Waals surface area (Å²) in [6.07, 6.45) is 5.56. The zero-order valence-electron chi connectivity index (χ0n) is 12.1. The van der Waals surface area contributed by atoms with Crippen LogP contribution in [0.2, 0.25) is 0 Å². The SMILES string of the molecule is O=C(O)CC1C(=O)NCCN1C(=O)NCC1CCCCC1. The molecule has 1 saturated heterocycles. The monoisotopic (exact) mass is 297 g/mol. The van der Waals surface area contributed by atoms with E-state index in [4.69, 9.17) is 5.11 Å². The average molecular weight is 297 g/mol. The van der Waals surface area contributed by atoms with E-state index in [1.165, 1.54) is 24.2 Å². The van der Waals surface area contributed by atoms with Gasteiger partial charge in [-0.15, -0.1) is 0 Å². The van der Waals surface area contributed by atoms with Crippen molar-refractivity contribution in [3.63, 3.8) is 0 Å². The smallest absolute Gasteiger partial charge is 0.318 e. The Morgan fingerprint density at radius 3 is 2.67 bits per heavy atom. The molecule has 0 aromatic carbocycles. The highest BCUT2D eigenvalue weighted by Crippen LogP contribution is 2.22. The maximum absolute atomic E-state index is 12.2. The second kappa shape index (κ2) is 7.28. The predicted molar refractivity (Wildman–Crippen MR) is 75.7 cm³/mol. The molecule has 7 heteroatoms. The molecule has 2 rings (SSSR count). The topological polar surface area (TPSA) is 98.7 Å². The van der Waals surface area contributed by atoms with Crippen LogP contribution in [-0.2, 0) is 9.59 Å². The fourth-order valence-corrected chi connectivity index (χ4v) is 3.05. The number of carboxylic acids is 1. The number of carboxylic acid groups (broad SMARTS) is 1. The number of nitrogens with one attached hydrogen (secondary N) is 2. The number of aliphatic carboxylic acids is 1. The molecule has 21 heavy (non-hydrogen) atoms. The van der Waals surface area contributed by atoms with Gasteiger partial charge in [-0.2, -0.15) is 0 Å². The predicted octanol–water partition coefficient (Wildman–Crippen LogP) is 0.551. The molecular weight excluding hydrogens is 274 g/mol. The lowest BCUT2D eigenvalue weighted by Gasteiger charge is -2.34. The Kier molecular flexibility index (Phi) is 5.41. The molecule has 1 atom stereocenters. The van der Waals surface area contributed by atoms with Gasteiger partial charge in [-0.1, -0.05) is 19.3 Å². The zero-order chi connectivity index (χ0) is 15.2. The fraction of sp³-hybridized carbons (Fsp3) is 0.786. The summed E-state index contributed by atoms with van der Waals surface area (Å²) in [5.74, 6) is -0.974. The largest absolute Gasteiger partial charge is 0.481 e. The molecule has 3 N–H and O–H groups in total. The highest BCUT2D eigenvalue weighted by atomic mass is 16.4. The summed E-state index contributed by atoms with van der Waals surface area (Å²) in [6, 6.07) is -1.25. The molecule has 7 nitrogen and oxygen atoms in total. The number of hydrogen-bond donors (Lipinski definition) is 3. The van der Waals surface area contributed by atoms with Crippen molar-refractivity contribution in [1.82, 2.24) is 15.5 Å². The van der Waals surface area contributed by atoms with E-state index in [0.29, 0.717) is 25.6 Å². The third kappa shape index (κ3) is 4.34. The van der Waals surface area contributed by atoms with E-state index in [1.807, 2.05) is 0 Å². The van der Waals surface area contributed by atoms with Gasteiger partial charge < -0.3 is 20.6 Å². The first-order valence-electron chi connectivity index (χ1n) is 7.62. The maximum atomic E-state index is 12.2. The third-order valence-corrected chi connectivity index (χ3v) is 4.23. The molecule has 2 aliphatic rings. The van der Waals surface area contributed by atoms with Crippen molar-refractivity contribution >= 4 is 17.9 Å². The van der Waals surface area contributed by atoms with E-state index in [0.717, 1.165) is 12.8 Å². The Balaban J connectivity index is 1.88. The first kappa shape index (κ1) is 15.6. The Morgan fingerprint density at radius 2 is 2.00 bits per heavy atom. The van der Waals surface area contributed by atoms with Gasteiger partial charge in [0.15, 0.2) is 0 Å². The summed E-state index contributed by atoms with van der Waals surface area (Å²) in [5.41, 5.74) is 0. The van der Waals surface area contributed by atoms with E-state index < -0.39 is 17.9 Å². The number of carbonyl (C=O) groups excluding carboxylic acids is 2. The van der Waals surface area contributed by atoms with Crippen LogP contribution in [0.3, 0.4) is 0 Å². The molecule has 1 aliphatic carbocycles. The molecule has 1 unspecified atom stereocenters. The van der Waals surface area contributed by atoms with Gasteiger partial charge in [-0.3, -0.25) is 9.59 Å². The van der Waals surface area contributed by atoms with Gasteiger partial charge >= 0.3 is 12.0 Å². The maximum Gasteiger partial charge on any atom is 0.318 e. The molecule has 1 saturated carbocycles. The van der Waals surface area contributed by atoms with Crippen molar-refractivity contribution in [3.05, 3.63) is 0 Å². The molecule has 2 fully saturated rings. The summed E-state index contributed by atoms with van der Waals surface area (Å²) in [4.78, 5) is 36.2. The molecule has 1 aliphatic heterocycles. The Morgan fingerprint density at radius 1 is 1.29 bits per heavy atom. The molecule has 118 valence electrons. The highest BCUT2D eigenvalue weighted by molar-refractivity contribution is 5.91. The molecule has 0 aromatic rings. The van der Waals surface area contributed by atoms with Gasteiger partial charge in [0.1, 0.15) is 6.04 Å². The van der Waals surface area contributed by atoms with Crippen molar-refractivity contribution in [2.45, 2.75) is 44.6 Å². The lowest BCUT2D eigenvalue weighted by Crippen LogP contribution is -2.60. The van der Waals surface area contributed by atoms with Crippen LogP contribution >= 0.6 is 0 Å². The van der Waals surface area contributed by atoms with E-state index in [1.54, 1.807) is 0 Å². The van der Waals surface area contributed by atoms with Crippen molar-refractivity contribution in [3.8, 4) is 0 Å². The van der Waals surface area contributed by atoms with Crippen molar-refractivity contribution < 1.29 is 19.5 Å². The second-order valence-corrected chi connectivity index (χ2v) is 5.79. The minimum atomic E-state index is -1.08. The summed E-state index contributed by atoms with van der Waals surface area (Å²) in [6.45, 7) is 1.32. The number of piperazine rings is 1. The minimum absolute atomic E-state index is 0.332. The summed E-state index contributed by atoms with van der Waals surface area (Å²) in [5, 5.41) is 14.3. The van der Waals surface area contributed by atoms with Crippen LogP contribution in [-0.4, -0.2) is 53.6 Å². The molecular formula is C14H23N3O4. The van der Waals surface area contributed by atoms with Crippen molar-refractivity contribution in [2.24, 2.45) is 5.92 Å². The summed E-state index contributed by atoms with van der Waals surface area (Å²) in [7, 11) is 0. The number of amides is 3. The Labute approximate surface area is 124 Å². The Bertz CT molecular complexity index is 407. The quantitative estimate of drug-likeness (QED) is 0.705. The van der Waals surface area contributed by atoms with Crippen molar-refractivity contribution in [1.29, 1.82) is 0 Å². The highest BCUT2D eigenvalue weighted by Gasteiger charge is 2.34. The van der Waals surface area contributed by atoms with Crippen LogP contribution in [0.4, 0.5) is 4.79 Å². The molecule has 0 spiro atoms. The van der Waals surface area contributed by atoms with E-state index in [2.05, 4.69) is 10.6 Å². The number of nitrogens with zero attached hydrogens (tertiary/aromatic N) is 1. The first-order chi connectivity index (χ1) is 10.1. The molecule has 0 radical (unpaired) electrons. The Hall–Kier alpha value is -1.79. The fourth-order valence-electron chi connectivity index (χ4n) is 3.05. The van der Waals surface area contributed by atoms with Gasteiger partial charge in [0.05, 0.1) is 6.42 Å². The summed E-state index contributed by atoms with van der Waals surface area (Å²) >= 11 is 0. The lowest BCUT2D eigenvalue weighted by molar-refractivity contribution is -0.142. The molecule has 3 amide bonds. The lowest BCUT2D eigenvalue weighted by atomic mass is 9.89. The normalized spacial score (nSPS) is 23.5. The summed E-state index contributed by atoms with van der Waals surface area (Å²) < 4.78 is 0. The first-order valence-corrected chi connectivity index (χ1v) is 7.62. The van der Waals surface area contributed by atoms with Crippen molar-refractivity contribution in [2.75, 3.05) is 19.6 Å². The van der Waals surface area contributed by atoms with Gasteiger partial charge in [-0.05, 0) is 18.8 Å². The van der Waals surface area contributed by atoms with Crippen LogP contribution in [0, 0.1) is 5.92 Å². The molecule has 0 aromatic heterocycles. The number of rotatable bonds is 4. The standard InChI is InChI=1S/C14H23N3O4/c18-12(19)8-11-13(20)15-6-7-17(11)14(21)16-9-10-4-2-1-3-5-10/h10-11H,1-9H2,(H,15,20)(H,16,21)(H,18,19). The molecule has 1 heterocycles. The number of carbonyl (C=O) groups is 3. The van der Waals surface area contributed by atoms with Gasteiger partial charge in [0, 0.05) is 19.6 Å². The second-order valence-electron chi connectivity index (χ2n) is 5.79. The molecule has 0 bridgehead atoms. The van der Waals surface area contributed by atoms with Crippen LogP contribution < -0.4 is 10.6 Å². The van der Waals surface area contributed by atoms with Gasteiger partial charge in [-0.25, -0.2) is 4.79 Å². The van der Waals surface area contributed by atoms with Crippen LogP contribution in [0.15, 0.2) is 0 Å². The van der Waals surface area contributed by atoms with E-state index in [9.17, 15) is 14.4 Å². The minimum Gasteiger partial charge on any atom is -0.481 e. The number of hydrogen-bond acceptors (Lipinski definition) is 3. The van der Waals surface area contributed by atoms with E-state index >= 15 is 0 Å².